The summed E-state index contributed by atoms with van der Waals surface area (Å²) < 4.78 is 0. The van der Waals surface area contributed by atoms with Gasteiger partial charge in [-0.05, 0) is 12.3 Å². The molecule has 3 heteroatoms. The van der Waals surface area contributed by atoms with E-state index in [2.05, 4.69) is 19.2 Å². The number of rotatable bonds is 7. The Morgan fingerprint density at radius 1 is 1.29 bits per heavy atom. The molecular weight excluding hydrogens is 178 g/mol. The van der Waals surface area contributed by atoms with Crippen LogP contribution in [-0.4, -0.2) is 18.2 Å². The van der Waals surface area contributed by atoms with Crippen LogP contribution in [0.25, 0.3) is 0 Å². The Hall–Kier alpha value is -0.860. The van der Waals surface area contributed by atoms with E-state index < -0.39 is 0 Å². The first-order valence-corrected chi connectivity index (χ1v) is 5.34. The Morgan fingerprint density at radius 2 is 1.93 bits per heavy atom. The predicted molar refractivity (Wildman–Crippen MR) is 57.0 cm³/mol. The van der Waals surface area contributed by atoms with E-state index in [1.807, 2.05) is 0 Å². The van der Waals surface area contributed by atoms with Crippen molar-refractivity contribution in [1.29, 1.82) is 0 Å². The minimum atomic E-state index is -0.0535. The maximum absolute atomic E-state index is 11.2. The summed E-state index contributed by atoms with van der Waals surface area (Å²) in [5.74, 6) is 0.725. The van der Waals surface area contributed by atoms with Crippen LogP contribution in [0.1, 0.15) is 46.5 Å². The average Bonchev–Trinajstić information content (AvgIpc) is 2.13. The third-order valence-electron chi connectivity index (χ3n) is 2.04. The molecule has 1 N–H and O–H groups in total. The summed E-state index contributed by atoms with van der Waals surface area (Å²) in [4.78, 5) is 22.1. The standard InChI is InChI=1S/C11H21NO2/c1-4-11(14)12-8-10(13)7-5-6-9(2)3/h9H,4-8H2,1-3H3,(H,12,14). The van der Waals surface area contributed by atoms with Crippen LogP contribution < -0.4 is 5.32 Å². The van der Waals surface area contributed by atoms with Gasteiger partial charge in [0.1, 0.15) is 0 Å². The van der Waals surface area contributed by atoms with Crippen molar-refractivity contribution in [3.8, 4) is 0 Å². The minimum Gasteiger partial charge on any atom is -0.349 e. The molecule has 0 fully saturated rings. The third-order valence-corrected chi connectivity index (χ3v) is 2.04. The fourth-order valence-corrected chi connectivity index (χ4v) is 1.12. The molecular formula is C11H21NO2. The fraction of sp³-hybridized carbons (Fsp3) is 0.818. The molecule has 0 spiro atoms. The molecule has 3 nitrogen and oxygen atoms in total. The van der Waals surface area contributed by atoms with Gasteiger partial charge in [-0.15, -0.1) is 0 Å². The molecule has 0 heterocycles. The van der Waals surface area contributed by atoms with Gasteiger partial charge < -0.3 is 5.32 Å². The zero-order chi connectivity index (χ0) is 11.0. The number of hydrogen-bond acceptors (Lipinski definition) is 2. The fourth-order valence-electron chi connectivity index (χ4n) is 1.12. The van der Waals surface area contributed by atoms with E-state index in [0.29, 0.717) is 18.8 Å². The summed E-state index contributed by atoms with van der Waals surface area (Å²) in [5, 5.41) is 2.58. The van der Waals surface area contributed by atoms with E-state index in [-0.39, 0.29) is 18.2 Å². The highest BCUT2D eigenvalue weighted by molar-refractivity contribution is 5.85. The predicted octanol–water partition coefficient (Wildman–Crippen LogP) is 1.91. The SMILES string of the molecule is CCC(=O)NCC(=O)CCCC(C)C. The molecule has 0 aliphatic carbocycles. The van der Waals surface area contributed by atoms with Crippen molar-refractivity contribution in [2.75, 3.05) is 6.54 Å². The number of nitrogens with one attached hydrogen (secondary N) is 1. The van der Waals surface area contributed by atoms with E-state index >= 15 is 0 Å². The quantitative estimate of drug-likeness (QED) is 0.680. The van der Waals surface area contributed by atoms with Crippen molar-refractivity contribution < 1.29 is 9.59 Å². The van der Waals surface area contributed by atoms with E-state index in [0.717, 1.165) is 12.8 Å². The number of hydrogen-bond donors (Lipinski definition) is 1. The highest BCUT2D eigenvalue weighted by Gasteiger charge is 2.04. The first-order chi connectivity index (χ1) is 6.56. The second-order valence-electron chi connectivity index (χ2n) is 3.96. The van der Waals surface area contributed by atoms with Crippen molar-refractivity contribution in [3.63, 3.8) is 0 Å². The molecule has 0 rings (SSSR count). The largest absolute Gasteiger partial charge is 0.349 e. The second-order valence-corrected chi connectivity index (χ2v) is 3.96. The van der Waals surface area contributed by atoms with E-state index in [1.165, 1.54) is 0 Å². The third kappa shape index (κ3) is 7.77. The van der Waals surface area contributed by atoms with Gasteiger partial charge in [-0.3, -0.25) is 9.59 Å². The molecule has 0 atom stereocenters. The van der Waals surface area contributed by atoms with Crippen LogP contribution in [0.5, 0.6) is 0 Å². The monoisotopic (exact) mass is 199 g/mol. The molecule has 0 radical (unpaired) electrons. The minimum absolute atomic E-state index is 0.0535. The second kappa shape index (κ2) is 7.54. The highest BCUT2D eigenvalue weighted by Crippen LogP contribution is 2.05. The Labute approximate surface area is 86.3 Å². The number of amides is 1. The first-order valence-electron chi connectivity index (χ1n) is 5.34. The Balaban J connectivity index is 3.42. The molecule has 0 aromatic rings. The lowest BCUT2D eigenvalue weighted by Crippen LogP contribution is -2.28. The molecule has 14 heavy (non-hydrogen) atoms. The van der Waals surface area contributed by atoms with Crippen LogP contribution >= 0.6 is 0 Å². The lowest BCUT2D eigenvalue weighted by molar-refractivity contribution is -0.125. The van der Waals surface area contributed by atoms with Gasteiger partial charge in [0.2, 0.25) is 5.91 Å². The van der Waals surface area contributed by atoms with Gasteiger partial charge in [-0.25, -0.2) is 0 Å². The van der Waals surface area contributed by atoms with Gasteiger partial charge in [-0.2, -0.15) is 0 Å². The molecule has 0 aromatic carbocycles. The first kappa shape index (κ1) is 13.1. The van der Waals surface area contributed by atoms with Gasteiger partial charge in [0, 0.05) is 12.8 Å². The molecule has 0 aliphatic heterocycles. The van der Waals surface area contributed by atoms with Crippen LogP contribution in [0.2, 0.25) is 0 Å². The summed E-state index contributed by atoms with van der Waals surface area (Å²) in [6.07, 6.45) is 3.04. The maximum Gasteiger partial charge on any atom is 0.220 e. The molecule has 0 saturated carbocycles. The van der Waals surface area contributed by atoms with Gasteiger partial charge >= 0.3 is 0 Å². The summed E-state index contributed by atoms with van der Waals surface area (Å²) in [6, 6.07) is 0. The smallest absolute Gasteiger partial charge is 0.220 e. The number of carbonyl (C=O) groups excluding carboxylic acids is 2. The summed E-state index contributed by atoms with van der Waals surface area (Å²) >= 11 is 0. The van der Waals surface area contributed by atoms with Gasteiger partial charge in [0.05, 0.1) is 6.54 Å². The number of Topliss-reactive ketones (excluding diaryl/α,β-unsaturated/α-hetero) is 1. The van der Waals surface area contributed by atoms with Crippen molar-refractivity contribution in [2.45, 2.75) is 46.5 Å². The molecule has 0 aromatic heterocycles. The van der Waals surface area contributed by atoms with Gasteiger partial charge in [-0.1, -0.05) is 27.2 Å². The van der Waals surface area contributed by atoms with Crippen LogP contribution in [0.15, 0.2) is 0 Å². The topological polar surface area (TPSA) is 46.2 Å². The Morgan fingerprint density at radius 3 is 2.43 bits per heavy atom. The van der Waals surface area contributed by atoms with Crippen molar-refractivity contribution in [1.82, 2.24) is 5.32 Å². The normalized spacial score (nSPS) is 10.3. The van der Waals surface area contributed by atoms with Gasteiger partial charge in [0.15, 0.2) is 5.78 Å². The maximum atomic E-state index is 11.2. The summed E-state index contributed by atoms with van der Waals surface area (Å²) in [7, 11) is 0. The van der Waals surface area contributed by atoms with Crippen LogP contribution in [0.3, 0.4) is 0 Å². The van der Waals surface area contributed by atoms with Crippen LogP contribution in [0.4, 0.5) is 0 Å². The zero-order valence-corrected chi connectivity index (χ0v) is 9.43. The molecule has 1 amide bonds. The molecule has 0 unspecified atom stereocenters. The van der Waals surface area contributed by atoms with Crippen molar-refractivity contribution in [2.24, 2.45) is 5.92 Å². The van der Waals surface area contributed by atoms with Crippen molar-refractivity contribution in [3.05, 3.63) is 0 Å². The zero-order valence-electron chi connectivity index (χ0n) is 9.43. The Bertz CT molecular complexity index is 188. The molecule has 82 valence electrons. The lowest BCUT2D eigenvalue weighted by atomic mass is 10.1. The van der Waals surface area contributed by atoms with E-state index in [1.54, 1.807) is 6.92 Å². The van der Waals surface area contributed by atoms with Gasteiger partial charge in [0.25, 0.3) is 0 Å². The van der Waals surface area contributed by atoms with Crippen LogP contribution in [-0.2, 0) is 9.59 Å². The highest BCUT2D eigenvalue weighted by atomic mass is 16.2. The number of ketones is 1. The summed E-state index contributed by atoms with van der Waals surface area (Å²) in [6.45, 7) is 6.26. The average molecular weight is 199 g/mol. The van der Waals surface area contributed by atoms with E-state index in [9.17, 15) is 9.59 Å². The Kier molecular flexibility index (Phi) is 7.07. The molecule has 0 aliphatic rings. The summed E-state index contributed by atoms with van der Waals surface area (Å²) in [5.41, 5.74) is 0. The van der Waals surface area contributed by atoms with Crippen molar-refractivity contribution >= 4 is 11.7 Å². The molecule has 0 saturated heterocycles. The molecule has 0 bridgehead atoms. The van der Waals surface area contributed by atoms with E-state index in [4.69, 9.17) is 0 Å². The van der Waals surface area contributed by atoms with Crippen LogP contribution in [0, 0.1) is 5.92 Å². The lowest BCUT2D eigenvalue weighted by Gasteiger charge is -2.04. The number of carbonyl (C=O) groups is 2.